The van der Waals surface area contributed by atoms with Crippen LogP contribution in [0.15, 0.2) is 0 Å². The minimum Gasteiger partial charge on any atom is -0.450 e. The van der Waals surface area contributed by atoms with Crippen molar-refractivity contribution in [3.63, 3.8) is 0 Å². The van der Waals surface area contributed by atoms with E-state index >= 15 is 0 Å². The number of nitrogens with zero attached hydrogens (tertiary/aromatic N) is 2. The molecular weight excluding hydrogens is 234 g/mol. The summed E-state index contributed by atoms with van der Waals surface area (Å²) < 4.78 is 4.94. The van der Waals surface area contributed by atoms with Gasteiger partial charge in [0.1, 0.15) is 0 Å². The van der Waals surface area contributed by atoms with Gasteiger partial charge < -0.3 is 19.9 Å². The van der Waals surface area contributed by atoms with Crippen LogP contribution in [0.3, 0.4) is 0 Å². The number of carbonyl (C=O) groups is 2. The maximum absolute atomic E-state index is 11.9. The lowest BCUT2D eigenvalue weighted by Gasteiger charge is -2.36. The maximum atomic E-state index is 11.9. The van der Waals surface area contributed by atoms with E-state index in [2.05, 4.69) is 5.32 Å². The predicted octanol–water partition coefficient (Wildman–Crippen LogP) is 1.02. The van der Waals surface area contributed by atoms with Gasteiger partial charge in [0.05, 0.1) is 6.61 Å². The third-order valence-corrected chi connectivity index (χ3v) is 3.53. The monoisotopic (exact) mass is 255 g/mol. The van der Waals surface area contributed by atoms with Crippen molar-refractivity contribution in [2.75, 3.05) is 32.8 Å². The highest BCUT2D eigenvalue weighted by Gasteiger charge is 2.27. The summed E-state index contributed by atoms with van der Waals surface area (Å²) in [4.78, 5) is 26.8. The van der Waals surface area contributed by atoms with Crippen LogP contribution in [0.1, 0.15) is 26.2 Å². The Hall–Kier alpha value is -1.46. The highest BCUT2D eigenvalue weighted by atomic mass is 16.6. The van der Waals surface area contributed by atoms with Gasteiger partial charge in [0.15, 0.2) is 0 Å². The molecule has 1 aliphatic carbocycles. The fraction of sp³-hybridized carbons (Fsp3) is 0.833. The zero-order valence-electron chi connectivity index (χ0n) is 10.9. The molecule has 18 heavy (non-hydrogen) atoms. The van der Waals surface area contributed by atoms with E-state index in [-0.39, 0.29) is 12.1 Å². The van der Waals surface area contributed by atoms with Gasteiger partial charge in [0.25, 0.3) is 0 Å². The number of carbonyl (C=O) groups excluding carboxylic acids is 2. The minimum absolute atomic E-state index is 0.00297. The third-order valence-electron chi connectivity index (χ3n) is 3.53. The fourth-order valence-electron chi connectivity index (χ4n) is 2.13. The Morgan fingerprint density at radius 3 is 2.28 bits per heavy atom. The summed E-state index contributed by atoms with van der Waals surface area (Å²) in [5.41, 5.74) is 0. The minimum atomic E-state index is -0.281. The number of ether oxygens (including phenoxy) is 1. The van der Waals surface area contributed by atoms with Crippen LogP contribution in [0.5, 0.6) is 0 Å². The molecular formula is C12H21N3O3. The number of rotatable bonds is 2. The van der Waals surface area contributed by atoms with Crippen molar-refractivity contribution in [1.82, 2.24) is 15.1 Å². The van der Waals surface area contributed by atoms with E-state index in [1.807, 2.05) is 0 Å². The third kappa shape index (κ3) is 3.05. The van der Waals surface area contributed by atoms with E-state index in [0.717, 1.165) is 12.8 Å². The molecule has 0 aromatic carbocycles. The molecule has 1 saturated heterocycles. The molecule has 1 aliphatic heterocycles. The molecule has 0 bridgehead atoms. The molecule has 2 fully saturated rings. The molecule has 0 aromatic heterocycles. The molecule has 2 rings (SSSR count). The fourth-order valence-corrected chi connectivity index (χ4v) is 2.13. The number of amides is 3. The van der Waals surface area contributed by atoms with Crippen LogP contribution in [0.2, 0.25) is 0 Å². The summed E-state index contributed by atoms with van der Waals surface area (Å²) in [6.07, 6.45) is 3.11. The molecule has 1 heterocycles. The summed E-state index contributed by atoms with van der Waals surface area (Å²) >= 11 is 0. The average Bonchev–Trinajstić information content (AvgIpc) is 2.34. The first-order chi connectivity index (χ1) is 8.70. The zero-order valence-corrected chi connectivity index (χ0v) is 10.9. The Labute approximate surface area is 107 Å². The van der Waals surface area contributed by atoms with Crippen molar-refractivity contribution >= 4 is 12.1 Å². The Balaban J connectivity index is 1.71. The molecule has 6 nitrogen and oxygen atoms in total. The Morgan fingerprint density at radius 1 is 1.17 bits per heavy atom. The normalized spacial score (nSPS) is 20.3. The van der Waals surface area contributed by atoms with E-state index in [1.54, 1.807) is 16.7 Å². The predicted molar refractivity (Wildman–Crippen MR) is 66.3 cm³/mol. The van der Waals surface area contributed by atoms with Gasteiger partial charge in [-0.1, -0.05) is 0 Å². The van der Waals surface area contributed by atoms with Crippen molar-refractivity contribution in [3.8, 4) is 0 Å². The van der Waals surface area contributed by atoms with Crippen molar-refractivity contribution in [2.24, 2.45) is 0 Å². The van der Waals surface area contributed by atoms with Crippen LogP contribution in [0.4, 0.5) is 9.59 Å². The van der Waals surface area contributed by atoms with Crippen LogP contribution in [-0.2, 0) is 4.74 Å². The van der Waals surface area contributed by atoms with Gasteiger partial charge in [-0.15, -0.1) is 0 Å². The van der Waals surface area contributed by atoms with Gasteiger partial charge in [-0.3, -0.25) is 0 Å². The SMILES string of the molecule is CCOC(=O)N1CCN(C(=O)NC2CCC2)CC1. The summed E-state index contributed by atoms with van der Waals surface area (Å²) in [7, 11) is 0. The lowest BCUT2D eigenvalue weighted by molar-refractivity contribution is 0.0842. The van der Waals surface area contributed by atoms with Gasteiger partial charge in [0, 0.05) is 32.2 Å². The van der Waals surface area contributed by atoms with Gasteiger partial charge >= 0.3 is 12.1 Å². The van der Waals surface area contributed by atoms with E-state index in [1.165, 1.54) is 6.42 Å². The molecule has 102 valence electrons. The standard InChI is InChI=1S/C12H21N3O3/c1-2-18-12(17)15-8-6-14(7-9-15)11(16)13-10-4-3-5-10/h10H,2-9H2,1H3,(H,13,16). The Kier molecular flexibility index (Phi) is 4.28. The average molecular weight is 255 g/mol. The second-order valence-corrected chi connectivity index (χ2v) is 4.75. The molecule has 3 amide bonds. The van der Waals surface area contributed by atoms with Crippen LogP contribution >= 0.6 is 0 Å². The lowest BCUT2D eigenvalue weighted by Crippen LogP contribution is -2.55. The lowest BCUT2D eigenvalue weighted by atomic mass is 9.93. The first-order valence-electron chi connectivity index (χ1n) is 6.68. The van der Waals surface area contributed by atoms with Gasteiger partial charge in [-0.25, -0.2) is 9.59 Å². The second kappa shape index (κ2) is 5.93. The first-order valence-corrected chi connectivity index (χ1v) is 6.68. The number of urea groups is 1. The molecule has 0 aromatic rings. The van der Waals surface area contributed by atoms with E-state index in [4.69, 9.17) is 4.74 Å². The molecule has 0 atom stereocenters. The van der Waals surface area contributed by atoms with E-state index in [0.29, 0.717) is 38.8 Å². The van der Waals surface area contributed by atoms with Crippen molar-refractivity contribution < 1.29 is 14.3 Å². The van der Waals surface area contributed by atoms with Crippen molar-refractivity contribution in [1.29, 1.82) is 0 Å². The molecule has 6 heteroatoms. The van der Waals surface area contributed by atoms with Crippen molar-refractivity contribution in [3.05, 3.63) is 0 Å². The smallest absolute Gasteiger partial charge is 0.409 e. The number of hydrogen-bond acceptors (Lipinski definition) is 3. The van der Waals surface area contributed by atoms with Crippen LogP contribution in [0.25, 0.3) is 0 Å². The second-order valence-electron chi connectivity index (χ2n) is 4.75. The topological polar surface area (TPSA) is 61.9 Å². The quantitative estimate of drug-likeness (QED) is 0.801. The summed E-state index contributed by atoms with van der Waals surface area (Å²) in [6.45, 7) is 4.45. The molecule has 1 saturated carbocycles. The van der Waals surface area contributed by atoms with Gasteiger partial charge in [-0.05, 0) is 26.2 Å². The highest BCUT2D eigenvalue weighted by Crippen LogP contribution is 2.18. The summed E-state index contributed by atoms with van der Waals surface area (Å²) in [5.74, 6) is 0. The van der Waals surface area contributed by atoms with E-state index in [9.17, 15) is 9.59 Å². The molecule has 0 unspecified atom stereocenters. The first kappa shape index (κ1) is 13.0. The number of piperazine rings is 1. The summed E-state index contributed by atoms with van der Waals surface area (Å²) in [6, 6.07) is 0.365. The molecule has 0 spiro atoms. The zero-order chi connectivity index (χ0) is 13.0. The maximum Gasteiger partial charge on any atom is 0.409 e. The molecule has 1 N–H and O–H groups in total. The molecule has 2 aliphatic rings. The van der Waals surface area contributed by atoms with E-state index < -0.39 is 0 Å². The van der Waals surface area contributed by atoms with Crippen molar-refractivity contribution in [2.45, 2.75) is 32.2 Å². The highest BCUT2D eigenvalue weighted by molar-refractivity contribution is 5.75. The molecule has 0 radical (unpaired) electrons. The van der Waals surface area contributed by atoms with Crippen LogP contribution in [0, 0.1) is 0 Å². The number of nitrogens with one attached hydrogen (secondary N) is 1. The number of hydrogen-bond donors (Lipinski definition) is 1. The van der Waals surface area contributed by atoms with Crippen LogP contribution in [-0.4, -0.2) is 60.8 Å². The Bertz CT molecular complexity index is 310. The Morgan fingerprint density at radius 2 is 1.78 bits per heavy atom. The van der Waals surface area contributed by atoms with Crippen LogP contribution < -0.4 is 5.32 Å². The van der Waals surface area contributed by atoms with Gasteiger partial charge in [-0.2, -0.15) is 0 Å². The van der Waals surface area contributed by atoms with Gasteiger partial charge in [0.2, 0.25) is 0 Å². The summed E-state index contributed by atoms with van der Waals surface area (Å²) in [5, 5.41) is 3.01. The largest absolute Gasteiger partial charge is 0.450 e.